The second-order valence-electron chi connectivity index (χ2n) is 4.34. The van der Waals surface area contributed by atoms with Crippen molar-refractivity contribution < 1.29 is 14.3 Å². The molecule has 0 heterocycles. The summed E-state index contributed by atoms with van der Waals surface area (Å²) in [6.45, 7) is 2.73. The van der Waals surface area contributed by atoms with Crippen LogP contribution in [0.3, 0.4) is 0 Å². The third-order valence-electron chi connectivity index (χ3n) is 2.87. The van der Waals surface area contributed by atoms with Crippen molar-refractivity contribution in [2.45, 2.75) is 38.1 Å². The second-order valence-corrected chi connectivity index (χ2v) is 4.34. The maximum absolute atomic E-state index is 11.4. The Morgan fingerprint density at radius 3 is 2.71 bits per heavy atom. The number of carbonyl (C=O) groups excluding carboxylic acids is 1. The van der Waals surface area contributed by atoms with E-state index >= 15 is 0 Å². The van der Waals surface area contributed by atoms with E-state index in [-0.39, 0.29) is 6.03 Å². The van der Waals surface area contributed by atoms with E-state index in [0.29, 0.717) is 25.8 Å². The first-order valence-corrected chi connectivity index (χ1v) is 6.44. The molecular formula is C12H24N2O3. The minimum atomic E-state index is -0.0324. The minimum Gasteiger partial charge on any atom is -0.382 e. The molecule has 0 aliphatic heterocycles. The molecule has 5 nitrogen and oxygen atoms in total. The van der Waals surface area contributed by atoms with Crippen molar-refractivity contribution in [3.05, 3.63) is 0 Å². The largest absolute Gasteiger partial charge is 0.382 e. The van der Waals surface area contributed by atoms with Crippen LogP contribution in [0.25, 0.3) is 0 Å². The molecule has 0 unspecified atom stereocenters. The molecule has 0 bridgehead atoms. The number of hydrogen-bond acceptors (Lipinski definition) is 3. The SMILES string of the molecule is COCCOCCCCNC(=O)NC1CCC1. The lowest BCUT2D eigenvalue weighted by Crippen LogP contribution is -2.45. The zero-order chi connectivity index (χ0) is 12.3. The van der Waals surface area contributed by atoms with Crippen molar-refractivity contribution in [1.29, 1.82) is 0 Å². The van der Waals surface area contributed by atoms with Gasteiger partial charge >= 0.3 is 6.03 Å². The number of ether oxygens (including phenoxy) is 2. The zero-order valence-electron chi connectivity index (χ0n) is 10.7. The lowest BCUT2D eigenvalue weighted by molar-refractivity contribution is 0.0688. The van der Waals surface area contributed by atoms with E-state index in [1.54, 1.807) is 7.11 Å². The van der Waals surface area contributed by atoms with E-state index < -0.39 is 0 Å². The van der Waals surface area contributed by atoms with Crippen LogP contribution in [0.4, 0.5) is 4.79 Å². The molecule has 0 radical (unpaired) electrons. The second kappa shape index (κ2) is 9.24. The topological polar surface area (TPSA) is 59.6 Å². The molecule has 5 heteroatoms. The van der Waals surface area contributed by atoms with Crippen LogP contribution in [0, 0.1) is 0 Å². The maximum Gasteiger partial charge on any atom is 0.315 e. The lowest BCUT2D eigenvalue weighted by atomic mass is 9.93. The first-order chi connectivity index (χ1) is 8.33. The van der Waals surface area contributed by atoms with E-state index in [1.165, 1.54) is 6.42 Å². The standard InChI is InChI=1S/C12H24N2O3/c1-16-9-10-17-8-3-2-7-13-12(15)14-11-5-4-6-11/h11H,2-10H2,1H3,(H2,13,14,15). The highest BCUT2D eigenvalue weighted by Gasteiger charge is 2.18. The third-order valence-corrected chi connectivity index (χ3v) is 2.87. The van der Waals surface area contributed by atoms with Crippen LogP contribution >= 0.6 is 0 Å². The van der Waals surface area contributed by atoms with Gasteiger partial charge in [-0.25, -0.2) is 4.79 Å². The molecule has 100 valence electrons. The molecule has 1 fully saturated rings. The van der Waals surface area contributed by atoms with Crippen LogP contribution in [0.5, 0.6) is 0 Å². The summed E-state index contributed by atoms with van der Waals surface area (Å²) < 4.78 is 10.2. The fraction of sp³-hybridized carbons (Fsp3) is 0.917. The summed E-state index contributed by atoms with van der Waals surface area (Å²) in [5.74, 6) is 0. The monoisotopic (exact) mass is 244 g/mol. The van der Waals surface area contributed by atoms with Crippen molar-refractivity contribution in [3.8, 4) is 0 Å². The Morgan fingerprint density at radius 2 is 2.06 bits per heavy atom. The fourth-order valence-corrected chi connectivity index (χ4v) is 1.56. The van der Waals surface area contributed by atoms with Crippen LogP contribution in [-0.4, -0.2) is 45.5 Å². The molecule has 2 N–H and O–H groups in total. The number of carbonyl (C=O) groups is 1. The molecule has 0 saturated heterocycles. The summed E-state index contributed by atoms with van der Waals surface area (Å²) >= 11 is 0. The molecule has 17 heavy (non-hydrogen) atoms. The number of urea groups is 1. The number of hydrogen-bond donors (Lipinski definition) is 2. The van der Waals surface area contributed by atoms with Gasteiger partial charge in [-0.05, 0) is 32.1 Å². The highest BCUT2D eigenvalue weighted by Crippen LogP contribution is 2.17. The Bertz CT molecular complexity index is 208. The smallest absolute Gasteiger partial charge is 0.315 e. The summed E-state index contributed by atoms with van der Waals surface area (Å²) in [6, 6.07) is 0.377. The van der Waals surface area contributed by atoms with Gasteiger partial charge in [-0.3, -0.25) is 0 Å². The van der Waals surface area contributed by atoms with Gasteiger partial charge in [0.25, 0.3) is 0 Å². The molecule has 1 aliphatic rings. The van der Waals surface area contributed by atoms with E-state index in [1.807, 2.05) is 0 Å². The molecule has 0 aromatic carbocycles. The highest BCUT2D eigenvalue weighted by molar-refractivity contribution is 5.74. The summed E-state index contributed by atoms with van der Waals surface area (Å²) in [4.78, 5) is 11.4. The Morgan fingerprint density at radius 1 is 1.24 bits per heavy atom. The Labute approximate surface area is 103 Å². The van der Waals surface area contributed by atoms with E-state index in [4.69, 9.17) is 9.47 Å². The normalized spacial score (nSPS) is 15.4. The first kappa shape index (κ1) is 14.3. The van der Waals surface area contributed by atoms with Gasteiger partial charge in [0.2, 0.25) is 0 Å². The average molecular weight is 244 g/mol. The summed E-state index contributed by atoms with van der Waals surface area (Å²) in [5, 5.41) is 5.79. The predicted octanol–water partition coefficient (Wildman–Crippen LogP) is 1.28. The van der Waals surface area contributed by atoms with Crippen LogP contribution < -0.4 is 10.6 Å². The van der Waals surface area contributed by atoms with Crippen LogP contribution in [0.15, 0.2) is 0 Å². The predicted molar refractivity (Wildman–Crippen MR) is 66.1 cm³/mol. The Balaban J connectivity index is 1.78. The quantitative estimate of drug-likeness (QED) is 0.601. The molecule has 1 saturated carbocycles. The molecule has 0 spiro atoms. The molecule has 2 amide bonds. The number of rotatable bonds is 9. The fourth-order valence-electron chi connectivity index (χ4n) is 1.56. The molecular weight excluding hydrogens is 220 g/mol. The van der Waals surface area contributed by atoms with Crippen LogP contribution in [-0.2, 0) is 9.47 Å². The van der Waals surface area contributed by atoms with Gasteiger partial charge in [-0.1, -0.05) is 0 Å². The molecule has 0 aromatic heterocycles. The van der Waals surface area contributed by atoms with Gasteiger partial charge in [0, 0.05) is 26.3 Å². The Hall–Kier alpha value is -0.810. The van der Waals surface area contributed by atoms with Crippen molar-refractivity contribution in [2.75, 3.05) is 33.5 Å². The average Bonchev–Trinajstić information content (AvgIpc) is 2.27. The molecule has 1 aliphatic carbocycles. The maximum atomic E-state index is 11.4. The highest BCUT2D eigenvalue weighted by atomic mass is 16.5. The van der Waals surface area contributed by atoms with Crippen molar-refractivity contribution >= 4 is 6.03 Å². The summed E-state index contributed by atoms with van der Waals surface area (Å²) in [5.41, 5.74) is 0. The molecule has 0 aromatic rings. The van der Waals surface area contributed by atoms with E-state index in [2.05, 4.69) is 10.6 Å². The minimum absolute atomic E-state index is 0.0324. The van der Waals surface area contributed by atoms with Crippen LogP contribution in [0.1, 0.15) is 32.1 Å². The van der Waals surface area contributed by atoms with Gasteiger partial charge in [0.1, 0.15) is 0 Å². The van der Waals surface area contributed by atoms with Crippen molar-refractivity contribution in [3.63, 3.8) is 0 Å². The summed E-state index contributed by atoms with van der Waals surface area (Å²) in [7, 11) is 1.66. The molecule has 1 rings (SSSR count). The lowest BCUT2D eigenvalue weighted by Gasteiger charge is -2.26. The third kappa shape index (κ3) is 7.18. The van der Waals surface area contributed by atoms with Crippen LogP contribution in [0.2, 0.25) is 0 Å². The molecule has 0 atom stereocenters. The van der Waals surface area contributed by atoms with Crippen molar-refractivity contribution in [2.24, 2.45) is 0 Å². The van der Waals surface area contributed by atoms with Gasteiger partial charge in [0.15, 0.2) is 0 Å². The summed E-state index contributed by atoms with van der Waals surface area (Å²) in [6.07, 6.45) is 5.41. The van der Waals surface area contributed by atoms with Gasteiger partial charge < -0.3 is 20.1 Å². The number of unbranched alkanes of at least 4 members (excludes halogenated alkanes) is 1. The number of nitrogens with one attached hydrogen (secondary N) is 2. The van der Waals surface area contributed by atoms with Gasteiger partial charge in [-0.15, -0.1) is 0 Å². The zero-order valence-corrected chi connectivity index (χ0v) is 10.7. The van der Waals surface area contributed by atoms with Gasteiger partial charge in [-0.2, -0.15) is 0 Å². The first-order valence-electron chi connectivity index (χ1n) is 6.44. The number of amides is 2. The van der Waals surface area contributed by atoms with Crippen molar-refractivity contribution in [1.82, 2.24) is 10.6 Å². The van der Waals surface area contributed by atoms with E-state index in [0.717, 1.165) is 32.3 Å². The number of methoxy groups -OCH3 is 1. The van der Waals surface area contributed by atoms with E-state index in [9.17, 15) is 4.79 Å². The Kier molecular flexibility index (Phi) is 7.75. The van der Waals surface area contributed by atoms with Gasteiger partial charge in [0.05, 0.1) is 13.2 Å².